The first-order chi connectivity index (χ1) is 16.1. The summed E-state index contributed by atoms with van der Waals surface area (Å²) in [5.41, 5.74) is 5.63. The summed E-state index contributed by atoms with van der Waals surface area (Å²) in [7, 11) is 0. The molecule has 0 aliphatic carbocycles. The number of nitrogens with one attached hydrogen (secondary N) is 1. The first-order valence-corrected chi connectivity index (χ1v) is 12.8. The molecular formula is C25H38ClF3N4O. The Morgan fingerprint density at radius 3 is 2.15 bits per heavy atom. The van der Waals surface area contributed by atoms with Crippen molar-refractivity contribution in [2.45, 2.75) is 110 Å². The molecule has 1 aromatic carbocycles. The molecule has 9 heteroatoms. The number of hydrogen-bond acceptors (Lipinski definition) is 3. The molecule has 0 bridgehead atoms. The molecule has 3 N–H and O–H groups in total. The third-order valence-corrected chi connectivity index (χ3v) is 6.31. The first-order valence-electron chi connectivity index (χ1n) is 12.4. The molecule has 0 saturated carbocycles. The topological polar surface area (TPSA) is 72.9 Å². The molecule has 192 valence electrons. The number of imidazole rings is 1. The molecule has 0 fully saturated rings. The zero-order valence-electron chi connectivity index (χ0n) is 20.5. The van der Waals surface area contributed by atoms with E-state index in [9.17, 15) is 18.0 Å². The number of aromatic nitrogens is 2. The van der Waals surface area contributed by atoms with E-state index in [4.69, 9.17) is 17.3 Å². The largest absolute Gasteiger partial charge is 0.416 e. The normalized spacial score (nSPS) is 13.1. The molecule has 2 aromatic rings. The van der Waals surface area contributed by atoms with E-state index in [1.807, 2.05) is 13.8 Å². The Hall–Kier alpha value is -1.80. The molecule has 0 aliphatic heterocycles. The third kappa shape index (κ3) is 8.15. The van der Waals surface area contributed by atoms with Crippen LogP contribution in [-0.2, 0) is 11.0 Å². The lowest BCUT2D eigenvalue weighted by atomic mass is 10.0. The van der Waals surface area contributed by atoms with Crippen LogP contribution in [-0.4, -0.2) is 21.5 Å². The lowest BCUT2D eigenvalue weighted by Gasteiger charge is -2.16. The summed E-state index contributed by atoms with van der Waals surface area (Å²) in [5, 5.41) is 2.63. The lowest BCUT2D eigenvalue weighted by Crippen LogP contribution is -2.36. The van der Waals surface area contributed by atoms with Gasteiger partial charge in [0, 0.05) is 6.04 Å². The van der Waals surface area contributed by atoms with Gasteiger partial charge in [-0.05, 0) is 32.4 Å². The van der Waals surface area contributed by atoms with Crippen molar-refractivity contribution in [3.63, 3.8) is 0 Å². The van der Waals surface area contributed by atoms with Crippen molar-refractivity contribution in [2.75, 3.05) is 5.32 Å². The fourth-order valence-electron chi connectivity index (χ4n) is 4.12. The second-order valence-corrected chi connectivity index (χ2v) is 9.70. The van der Waals surface area contributed by atoms with Crippen LogP contribution < -0.4 is 11.1 Å². The van der Waals surface area contributed by atoms with E-state index >= 15 is 0 Å². The minimum Gasteiger partial charge on any atom is -0.320 e. The number of nitrogens with two attached hydrogens (primary N) is 1. The molecule has 1 unspecified atom stereocenters. The number of carbonyl (C=O) groups excluding carboxylic acids is 1. The molecule has 1 atom stereocenters. The van der Waals surface area contributed by atoms with Crippen LogP contribution in [0, 0.1) is 0 Å². The summed E-state index contributed by atoms with van der Waals surface area (Å²) in [6.45, 7) is 5.90. The highest BCUT2D eigenvalue weighted by Crippen LogP contribution is 2.37. The van der Waals surface area contributed by atoms with Crippen molar-refractivity contribution in [1.29, 1.82) is 0 Å². The Morgan fingerprint density at radius 1 is 1.06 bits per heavy atom. The maximum Gasteiger partial charge on any atom is 0.416 e. The highest BCUT2D eigenvalue weighted by molar-refractivity contribution is 6.35. The molecule has 1 aromatic heterocycles. The molecule has 2 rings (SSSR count). The zero-order valence-corrected chi connectivity index (χ0v) is 21.2. The first kappa shape index (κ1) is 28.4. The molecule has 1 heterocycles. The minimum absolute atomic E-state index is 0.0683. The Kier molecular flexibility index (Phi) is 11.2. The summed E-state index contributed by atoms with van der Waals surface area (Å²) in [4.78, 5) is 16.9. The van der Waals surface area contributed by atoms with Gasteiger partial charge in [0.05, 0.1) is 27.7 Å². The van der Waals surface area contributed by atoms with Crippen LogP contribution in [0.4, 0.5) is 19.1 Å². The summed E-state index contributed by atoms with van der Waals surface area (Å²) in [6, 6.07) is 0.926. The van der Waals surface area contributed by atoms with Gasteiger partial charge in [0.25, 0.3) is 0 Å². The number of fused-ring (bicyclic) bond motifs is 1. The van der Waals surface area contributed by atoms with Crippen molar-refractivity contribution in [2.24, 2.45) is 5.73 Å². The molecule has 5 nitrogen and oxygen atoms in total. The Labute approximate surface area is 205 Å². The smallest absolute Gasteiger partial charge is 0.320 e. The maximum absolute atomic E-state index is 13.2. The predicted octanol–water partition coefficient (Wildman–Crippen LogP) is 7.87. The average Bonchev–Trinajstić information content (AvgIpc) is 3.13. The lowest BCUT2D eigenvalue weighted by molar-refractivity contribution is -0.137. The van der Waals surface area contributed by atoms with Crippen LogP contribution in [0.15, 0.2) is 12.1 Å². The number of rotatable bonds is 14. The summed E-state index contributed by atoms with van der Waals surface area (Å²) >= 11 is 6.18. The van der Waals surface area contributed by atoms with Crippen LogP contribution in [0.2, 0.25) is 5.02 Å². The van der Waals surface area contributed by atoms with E-state index in [1.54, 1.807) is 4.57 Å². The van der Waals surface area contributed by atoms with Gasteiger partial charge in [0.2, 0.25) is 11.9 Å². The van der Waals surface area contributed by atoms with Crippen molar-refractivity contribution >= 4 is 34.5 Å². The van der Waals surface area contributed by atoms with Gasteiger partial charge in [-0.3, -0.25) is 10.1 Å². The summed E-state index contributed by atoms with van der Waals surface area (Å²) in [5.74, 6) is -0.255. The molecule has 0 spiro atoms. The number of amides is 1. The predicted molar refractivity (Wildman–Crippen MR) is 133 cm³/mol. The molecule has 0 aliphatic rings. The minimum atomic E-state index is -4.54. The van der Waals surface area contributed by atoms with Crippen molar-refractivity contribution in [3.8, 4) is 0 Å². The van der Waals surface area contributed by atoms with E-state index in [1.165, 1.54) is 44.9 Å². The quantitative estimate of drug-likeness (QED) is 0.258. The van der Waals surface area contributed by atoms with E-state index < -0.39 is 23.7 Å². The van der Waals surface area contributed by atoms with Gasteiger partial charge >= 0.3 is 6.18 Å². The van der Waals surface area contributed by atoms with E-state index in [2.05, 4.69) is 17.2 Å². The standard InChI is InChI=1S/C25H38ClF3N4O/c1-4-5-6-7-8-9-10-11-12-13-14-20(30)23(34)32-24-31-21-16-18(25(27,28)29)15-19(26)22(21)33(24)17(2)3/h15-17,20H,4-14,30H2,1-3H3,(H,31,32,34). The van der Waals surface area contributed by atoms with Gasteiger partial charge in [-0.2, -0.15) is 13.2 Å². The number of anilines is 1. The second-order valence-electron chi connectivity index (χ2n) is 9.29. The van der Waals surface area contributed by atoms with Gasteiger partial charge in [-0.1, -0.05) is 82.7 Å². The van der Waals surface area contributed by atoms with E-state index in [0.29, 0.717) is 11.9 Å². The SMILES string of the molecule is CCCCCCCCCCCCC(N)C(=O)Nc1nc2cc(C(F)(F)F)cc(Cl)c2n1C(C)C. The number of halogens is 4. The number of hydrogen-bond donors (Lipinski definition) is 2. The number of alkyl halides is 3. The highest BCUT2D eigenvalue weighted by atomic mass is 35.5. The average molecular weight is 503 g/mol. The summed E-state index contributed by atoms with van der Waals surface area (Å²) < 4.78 is 41.2. The second kappa shape index (κ2) is 13.3. The van der Waals surface area contributed by atoms with Crippen LogP contribution in [0.1, 0.15) is 103 Å². The van der Waals surface area contributed by atoms with Gasteiger partial charge < -0.3 is 10.3 Å². The van der Waals surface area contributed by atoms with Crippen LogP contribution in [0.5, 0.6) is 0 Å². The molecular weight excluding hydrogens is 465 g/mol. The Bertz CT molecular complexity index is 927. The van der Waals surface area contributed by atoms with Crippen molar-refractivity contribution < 1.29 is 18.0 Å². The monoisotopic (exact) mass is 502 g/mol. The highest BCUT2D eigenvalue weighted by Gasteiger charge is 2.32. The fourth-order valence-corrected chi connectivity index (χ4v) is 4.43. The molecule has 0 radical (unpaired) electrons. The van der Waals surface area contributed by atoms with Crippen LogP contribution in [0.3, 0.4) is 0 Å². The Balaban J connectivity index is 1.92. The zero-order chi connectivity index (χ0) is 25.3. The van der Waals surface area contributed by atoms with Gasteiger partial charge in [0.15, 0.2) is 0 Å². The number of unbranched alkanes of at least 4 members (excludes halogenated alkanes) is 9. The number of carbonyl (C=O) groups is 1. The van der Waals surface area contributed by atoms with Crippen LogP contribution in [0.25, 0.3) is 11.0 Å². The van der Waals surface area contributed by atoms with Gasteiger partial charge in [-0.25, -0.2) is 4.98 Å². The van der Waals surface area contributed by atoms with Gasteiger partial charge in [0.1, 0.15) is 0 Å². The van der Waals surface area contributed by atoms with E-state index in [-0.39, 0.29) is 22.5 Å². The third-order valence-electron chi connectivity index (χ3n) is 6.02. The Morgan fingerprint density at radius 2 is 1.62 bits per heavy atom. The van der Waals surface area contributed by atoms with Crippen molar-refractivity contribution in [3.05, 3.63) is 22.7 Å². The van der Waals surface area contributed by atoms with Crippen molar-refractivity contribution in [1.82, 2.24) is 9.55 Å². The van der Waals surface area contributed by atoms with E-state index in [0.717, 1.165) is 31.4 Å². The summed E-state index contributed by atoms with van der Waals surface area (Å²) in [6.07, 6.45) is 7.95. The number of benzene rings is 1. The molecule has 1 amide bonds. The fraction of sp³-hybridized carbons (Fsp3) is 0.680. The maximum atomic E-state index is 13.2. The number of nitrogens with zero attached hydrogens (tertiary/aromatic N) is 2. The molecule has 34 heavy (non-hydrogen) atoms. The van der Waals surface area contributed by atoms with Gasteiger partial charge in [-0.15, -0.1) is 0 Å². The molecule has 0 saturated heterocycles. The van der Waals surface area contributed by atoms with Crippen LogP contribution >= 0.6 is 11.6 Å².